The van der Waals surface area contributed by atoms with Crippen molar-refractivity contribution in [1.29, 1.82) is 0 Å². The van der Waals surface area contributed by atoms with Crippen molar-refractivity contribution in [3.8, 4) is 5.75 Å². The highest BCUT2D eigenvalue weighted by atomic mass is 16.5. The molecule has 0 saturated carbocycles. The third kappa shape index (κ3) is 3.80. The van der Waals surface area contributed by atoms with Gasteiger partial charge < -0.3 is 15.2 Å². The molecule has 1 rings (SSSR count). The number of nitrogens with two attached hydrogens (primary N) is 1. The number of benzene rings is 1. The number of methoxy groups -OCH3 is 1. The highest BCUT2D eigenvalue weighted by Crippen LogP contribution is 2.23. The van der Waals surface area contributed by atoms with Crippen LogP contribution in [0.1, 0.15) is 26.3 Å². The molecule has 0 fully saturated rings. The quantitative estimate of drug-likeness (QED) is 0.778. The van der Waals surface area contributed by atoms with Gasteiger partial charge in [0.15, 0.2) is 0 Å². The first kappa shape index (κ1) is 11.9. The Morgan fingerprint density at radius 1 is 1.27 bits per heavy atom. The molecule has 1 aromatic rings. The molecule has 0 aliphatic carbocycles. The van der Waals surface area contributed by atoms with E-state index in [-0.39, 0.29) is 5.60 Å². The summed E-state index contributed by atoms with van der Waals surface area (Å²) >= 11 is 0. The molecule has 2 N–H and O–H groups in total. The maximum atomic E-state index is 5.68. The molecule has 0 aliphatic rings. The summed E-state index contributed by atoms with van der Waals surface area (Å²) in [5.74, 6) is 0.777. The maximum Gasteiger partial charge on any atom is 0.126 e. The van der Waals surface area contributed by atoms with E-state index < -0.39 is 0 Å². The average molecular weight is 209 g/mol. The van der Waals surface area contributed by atoms with Crippen LogP contribution in [0.15, 0.2) is 18.2 Å². The monoisotopic (exact) mass is 209 g/mol. The lowest BCUT2D eigenvalue weighted by Crippen LogP contribution is -2.18. The predicted octanol–water partition coefficient (Wildman–Crippen LogP) is 2.59. The Kier molecular flexibility index (Phi) is 3.58. The van der Waals surface area contributed by atoms with Crippen molar-refractivity contribution >= 4 is 5.69 Å². The van der Waals surface area contributed by atoms with Gasteiger partial charge in [-0.05, 0) is 26.8 Å². The number of hydrogen-bond donors (Lipinski definition) is 1. The number of ether oxygens (including phenoxy) is 2. The molecule has 0 unspecified atom stereocenters. The minimum Gasteiger partial charge on any atom is -0.496 e. The van der Waals surface area contributed by atoms with E-state index in [9.17, 15) is 0 Å². The van der Waals surface area contributed by atoms with E-state index >= 15 is 0 Å². The second-order valence-electron chi connectivity index (χ2n) is 4.47. The Hall–Kier alpha value is -1.22. The molecule has 0 spiro atoms. The molecule has 0 aromatic heterocycles. The van der Waals surface area contributed by atoms with Gasteiger partial charge in [-0.25, -0.2) is 0 Å². The first-order chi connectivity index (χ1) is 6.92. The van der Waals surface area contributed by atoms with Gasteiger partial charge >= 0.3 is 0 Å². The van der Waals surface area contributed by atoms with Crippen molar-refractivity contribution < 1.29 is 9.47 Å². The van der Waals surface area contributed by atoms with Gasteiger partial charge in [0.2, 0.25) is 0 Å². The fourth-order valence-corrected chi connectivity index (χ4v) is 1.17. The Morgan fingerprint density at radius 2 is 1.93 bits per heavy atom. The number of anilines is 1. The molecule has 0 aliphatic heterocycles. The average Bonchev–Trinajstić information content (AvgIpc) is 2.14. The van der Waals surface area contributed by atoms with Crippen LogP contribution in [0.4, 0.5) is 5.69 Å². The molecule has 0 atom stereocenters. The van der Waals surface area contributed by atoms with Crippen LogP contribution in [0.2, 0.25) is 0 Å². The molecule has 0 heterocycles. The molecule has 3 heteroatoms. The summed E-state index contributed by atoms with van der Waals surface area (Å²) in [4.78, 5) is 0. The summed E-state index contributed by atoms with van der Waals surface area (Å²) in [6, 6.07) is 5.59. The van der Waals surface area contributed by atoms with Gasteiger partial charge in [-0.3, -0.25) is 0 Å². The molecular formula is C12H19NO2. The standard InChI is InChI=1S/C12H19NO2/c1-12(2,3)15-8-9-5-6-10(13)7-11(9)14-4/h5-7H,8,13H2,1-4H3. The largest absolute Gasteiger partial charge is 0.496 e. The molecule has 0 bridgehead atoms. The molecule has 0 radical (unpaired) electrons. The lowest BCUT2D eigenvalue weighted by molar-refractivity contribution is -0.0156. The van der Waals surface area contributed by atoms with E-state index in [2.05, 4.69) is 0 Å². The molecule has 0 amide bonds. The summed E-state index contributed by atoms with van der Waals surface area (Å²) in [5.41, 5.74) is 7.23. The van der Waals surface area contributed by atoms with Crippen LogP contribution in [-0.4, -0.2) is 12.7 Å². The van der Waals surface area contributed by atoms with Gasteiger partial charge in [-0.15, -0.1) is 0 Å². The molecule has 3 nitrogen and oxygen atoms in total. The summed E-state index contributed by atoms with van der Waals surface area (Å²) in [7, 11) is 1.63. The lowest BCUT2D eigenvalue weighted by atomic mass is 10.1. The first-order valence-corrected chi connectivity index (χ1v) is 4.99. The number of nitrogen functional groups attached to an aromatic ring is 1. The van der Waals surface area contributed by atoms with Gasteiger partial charge in [0.05, 0.1) is 19.3 Å². The maximum absolute atomic E-state index is 5.68. The van der Waals surface area contributed by atoms with E-state index in [0.717, 1.165) is 11.3 Å². The third-order valence-electron chi connectivity index (χ3n) is 1.97. The number of rotatable bonds is 3. The summed E-state index contributed by atoms with van der Waals surface area (Å²) in [6.07, 6.45) is 0. The highest BCUT2D eigenvalue weighted by molar-refractivity contribution is 5.48. The summed E-state index contributed by atoms with van der Waals surface area (Å²) < 4.78 is 10.9. The van der Waals surface area contributed by atoms with Crippen molar-refractivity contribution in [2.75, 3.05) is 12.8 Å². The van der Waals surface area contributed by atoms with E-state index in [0.29, 0.717) is 12.3 Å². The van der Waals surface area contributed by atoms with Crippen LogP contribution in [0, 0.1) is 0 Å². The zero-order chi connectivity index (χ0) is 11.5. The second kappa shape index (κ2) is 4.53. The molecule has 0 saturated heterocycles. The van der Waals surface area contributed by atoms with Gasteiger partial charge in [-0.1, -0.05) is 6.07 Å². The van der Waals surface area contributed by atoms with Crippen LogP contribution in [0.3, 0.4) is 0 Å². The smallest absolute Gasteiger partial charge is 0.126 e. The van der Waals surface area contributed by atoms with Gasteiger partial charge in [0, 0.05) is 17.3 Å². The Labute approximate surface area is 91.2 Å². The van der Waals surface area contributed by atoms with Gasteiger partial charge in [0.1, 0.15) is 5.75 Å². The zero-order valence-corrected chi connectivity index (χ0v) is 9.83. The predicted molar refractivity (Wildman–Crippen MR) is 61.9 cm³/mol. The molecule has 84 valence electrons. The molecule has 15 heavy (non-hydrogen) atoms. The van der Waals surface area contributed by atoms with Gasteiger partial charge in [0.25, 0.3) is 0 Å². The Morgan fingerprint density at radius 3 is 2.47 bits per heavy atom. The Balaban J connectivity index is 2.76. The van der Waals surface area contributed by atoms with Crippen molar-refractivity contribution in [3.05, 3.63) is 23.8 Å². The topological polar surface area (TPSA) is 44.5 Å². The van der Waals surface area contributed by atoms with Crippen molar-refractivity contribution in [2.45, 2.75) is 33.0 Å². The normalized spacial score (nSPS) is 11.5. The van der Waals surface area contributed by atoms with Crippen LogP contribution in [0.5, 0.6) is 5.75 Å². The Bertz CT molecular complexity index is 329. The SMILES string of the molecule is COc1cc(N)ccc1COC(C)(C)C. The second-order valence-corrected chi connectivity index (χ2v) is 4.47. The lowest BCUT2D eigenvalue weighted by Gasteiger charge is -2.20. The fourth-order valence-electron chi connectivity index (χ4n) is 1.17. The van der Waals surface area contributed by atoms with E-state index in [1.54, 1.807) is 13.2 Å². The van der Waals surface area contributed by atoms with E-state index in [1.165, 1.54) is 0 Å². The zero-order valence-electron chi connectivity index (χ0n) is 9.83. The molecule has 1 aromatic carbocycles. The van der Waals surface area contributed by atoms with Crippen molar-refractivity contribution in [2.24, 2.45) is 0 Å². The van der Waals surface area contributed by atoms with E-state index in [1.807, 2.05) is 32.9 Å². The number of hydrogen-bond acceptors (Lipinski definition) is 3. The minimum atomic E-state index is -0.146. The van der Waals surface area contributed by atoms with Crippen LogP contribution in [0.25, 0.3) is 0 Å². The van der Waals surface area contributed by atoms with Crippen molar-refractivity contribution in [3.63, 3.8) is 0 Å². The van der Waals surface area contributed by atoms with Crippen LogP contribution < -0.4 is 10.5 Å². The molecular weight excluding hydrogens is 190 g/mol. The van der Waals surface area contributed by atoms with Gasteiger partial charge in [-0.2, -0.15) is 0 Å². The summed E-state index contributed by atoms with van der Waals surface area (Å²) in [5, 5.41) is 0. The van der Waals surface area contributed by atoms with Crippen LogP contribution >= 0.6 is 0 Å². The highest BCUT2D eigenvalue weighted by Gasteiger charge is 2.12. The van der Waals surface area contributed by atoms with E-state index in [4.69, 9.17) is 15.2 Å². The first-order valence-electron chi connectivity index (χ1n) is 4.99. The minimum absolute atomic E-state index is 0.146. The van der Waals surface area contributed by atoms with Crippen LogP contribution in [-0.2, 0) is 11.3 Å². The fraction of sp³-hybridized carbons (Fsp3) is 0.500. The summed E-state index contributed by atoms with van der Waals surface area (Å²) in [6.45, 7) is 6.61. The van der Waals surface area contributed by atoms with Crippen molar-refractivity contribution in [1.82, 2.24) is 0 Å². The third-order valence-corrected chi connectivity index (χ3v) is 1.97.